The Morgan fingerprint density at radius 1 is 1.20 bits per heavy atom. The van der Waals surface area contributed by atoms with E-state index < -0.39 is 0 Å². The van der Waals surface area contributed by atoms with Crippen molar-refractivity contribution in [1.29, 1.82) is 0 Å². The Balaban J connectivity index is 0.000000810. The molecule has 0 spiro atoms. The topological polar surface area (TPSA) is 20.2 Å². The van der Waals surface area contributed by atoms with Gasteiger partial charge in [-0.3, -0.25) is 0 Å². The van der Waals surface area contributed by atoms with Crippen LogP contribution in [-0.4, -0.2) is 49.9 Å². The van der Waals surface area contributed by atoms with Crippen molar-refractivity contribution in [1.82, 2.24) is 0 Å². The van der Waals surface area contributed by atoms with Gasteiger partial charge in [0.15, 0.2) is 0 Å². The fourth-order valence-electron chi connectivity index (χ4n) is 0.582. The quantitative estimate of drug-likeness (QED) is 0.694. The third-order valence-corrected chi connectivity index (χ3v) is 3.19. The van der Waals surface area contributed by atoms with Crippen LogP contribution in [0.2, 0.25) is 4.97 Å². The van der Waals surface area contributed by atoms with E-state index in [0.717, 1.165) is 0 Å². The second-order valence-electron chi connectivity index (χ2n) is 1.70. The number of hydrogen-bond acceptors (Lipinski definition) is 1. The summed E-state index contributed by atoms with van der Waals surface area (Å²) in [6.07, 6.45) is 0. The fraction of sp³-hybridized carbons (Fsp3) is 0.143. The minimum absolute atomic E-state index is 0. The first-order valence-electron chi connectivity index (χ1n) is 2.66. The summed E-state index contributed by atoms with van der Waals surface area (Å²) in [5.41, 5.74) is 0. The molecule has 1 N–H and O–H groups in total. The molecule has 0 aliphatic rings. The Morgan fingerprint density at radius 3 is 2.10 bits per heavy atom. The summed E-state index contributed by atoms with van der Waals surface area (Å²) in [4.78, 5) is 2.22. The number of hydrogen-bond donors (Lipinski definition) is 1. The van der Waals surface area contributed by atoms with E-state index in [1.807, 2.05) is 12.1 Å². The fourth-order valence-corrected chi connectivity index (χ4v) is 1.75. The summed E-state index contributed by atoms with van der Waals surface area (Å²) < 4.78 is 1.39. The number of benzene rings is 1. The van der Waals surface area contributed by atoms with E-state index >= 15 is 0 Å². The maximum atomic E-state index is 8.87. The van der Waals surface area contributed by atoms with Crippen molar-refractivity contribution < 1.29 is 5.11 Å². The van der Waals surface area contributed by atoms with Gasteiger partial charge in [-0.25, -0.2) is 0 Å². The third-order valence-electron chi connectivity index (χ3n) is 1.07. The zero-order chi connectivity index (χ0) is 6.69. The van der Waals surface area contributed by atoms with Crippen molar-refractivity contribution in [3.63, 3.8) is 0 Å². The molecule has 0 aromatic heterocycles. The Bertz CT molecular complexity index is 185. The monoisotopic (exact) mass is 360 g/mol. The molecule has 0 bridgehead atoms. The molecule has 0 fully saturated rings. The van der Waals surface area contributed by atoms with Gasteiger partial charge in [0, 0.05) is 0 Å². The maximum absolute atomic E-state index is 8.87. The van der Waals surface area contributed by atoms with E-state index in [4.69, 9.17) is 5.11 Å². The molecule has 54 valence electrons. The van der Waals surface area contributed by atoms with Crippen molar-refractivity contribution in [2.24, 2.45) is 0 Å². The summed E-state index contributed by atoms with van der Waals surface area (Å²) >= 11 is 0.0323. The van der Waals surface area contributed by atoms with Crippen molar-refractivity contribution >= 4 is 48.4 Å². The average molecular weight is 356 g/mol. The molecule has 0 saturated heterocycles. The summed E-state index contributed by atoms with van der Waals surface area (Å²) in [5, 5.41) is 8.87. The van der Waals surface area contributed by atoms with Crippen LogP contribution in [0.5, 0.6) is 5.75 Å². The van der Waals surface area contributed by atoms with E-state index in [1.54, 1.807) is 12.1 Å². The standard InChI is InChI=1S/C7H8OTe.Sn.2H/c1-9-7-4-2-6(8)3-5-7;;;/h2-5,8H,1H3;;;. The van der Waals surface area contributed by atoms with E-state index in [1.165, 1.54) is 3.61 Å². The van der Waals surface area contributed by atoms with E-state index in [2.05, 4.69) is 4.97 Å². The van der Waals surface area contributed by atoms with Crippen molar-refractivity contribution in [2.75, 3.05) is 0 Å². The van der Waals surface area contributed by atoms with Gasteiger partial charge in [-0.1, -0.05) is 0 Å². The third kappa shape index (κ3) is 3.13. The summed E-state index contributed by atoms with van der Waals surface area (Å²) in [7, 11) is 0. The van der Waals surface area contributed by atoms with Crippen LogP contribution in [0.25, 0.3) is 0 Å². The summed E-state index contributed by atoms with van der Waals surface area (Å²) in [6, 6.07) is 7.45. The Hall–Kier alpha value is 0.608. The molecule has 2 radical (unpaired) electrons. The van der Waals surface area contributed by atoms with Gasteiger partial charge in [0.05, 0.1) is 0 Å². The van der Waals surface area contributed by atoms with Gasteiger partial charge in [-0.2, -0.15) is 0 Å². The molecule has 3 heteroatoms. The first-order valence-corrected chi connectivity index (χ1v) is 6.15. The van der Waals surface area contributed by atoms with Crippen molar-refractivity contribution in [3.05, 3.63) is 24.3 Å². The molecule has 1 aromatic rings. The van der Waals surface area contributed by atoms with Crippen LogP contribution in [-0.2, 0) is 0 Å². The molecule has 0 aliphatic heterocycles. The van der Waals surface area contributed by atoms with Crippen LogP contribution in [0.15, 0.2) is 24.3 Å². The summed E-state index contributed by atoms with van der Waals surface area (Å²) in [5.74, 6) is 0.361. The molecule has 0 amide bonds. The molecule has 0 atom stereocenters. The van der Waals surface area contributed by atoms with Gasteiger partial charge in [0.2, 0.25) is 0 Å². The van der Waals surface area contributed by atoms with Crippen molar-refractivity contribution in [3.8, 4) is 5.75 Å². The second kappa shape index (κ2) is 5.28. The minimum atomic E-state index is 0. The van der Waals surface area contributed by atoms with Crippen molar-refractivity contribution in [2.45, 2.75) is 4.97 Å². The SMILES string of the molecule is C[Te]c1ccc(O)cc1.[SnH2]. The van der Waals surface area contributed by atoms with Gasteiger partial charge < -0.3 is 0 Å². The predicted molar refractivity (Wildman–Crippen MR) is 47.9 cm³/mol. The first kappa shape index (κ1) is 10.6. The normalized spacial score (nSPS) is 8.50. The van der Waals surface area contributed by atoms with Crippen LogP contribution < -0.4 is 3.61 Å². The molecule has 0 saturated carbocycles. The molecule has 1 nitrogen and oxygen atoms in total. The Kier molecular flexibility index (Phi) is 5.61. The molecular weight excluding hydrogens is 346 g/mol. The van der Waals surface area contributed by atoms with Gasteiger partial charge in [0.1, 0.15) is 0 Å². The second-order valence-corrected chi connectivity index (χ2v) is 4.21. The van der Waals surface area contributed by atoms with Crippen LogP contribution >= 0.6 is 0 Å². The Labute approximate surface area is 87.9 Å². The average Bonchev–Trinajstić information content (AvgIpc) is 1.90. The number of phenols is 1. The molecule has 0 heterocycles. The zero-order valence-electron chi connectivity index (χ0n) is 5.87. The van der Waals surface area contributed by atoms with Crippen LogP contribution in [0.3, 0.4) is 0 Å². The van der Waals surface area contributed by atoms with Gasteiger partial charge in [0.25, 0.3) is 0 Å². The number of phenolic OH excluding ortho intramolecular Hbond substituents is 1. The van der Waals surface area contributed by atoms with Gasteiger partial charge in [-0.05, 0) is 0 Å². The molecule has 10 heavy (non-hydrogen) atoms. The zero-order valence-corrected chi connectivity index (χ0v) is 12.2. The van der Waals surface area contributed by atoms with Crippen LogP contribution in [0.4, 0.5) is 0 Å². The molecule has 1 aromatic carbocycles. The molecule has 0 unspecified atom stereocenters. The van der Waals surface area contributed by atoms with Crippen LogP contribution in [0.1, 0.15) is 0 Å². The van der Waals surface area contributed by atoms with Gasteiger partial charge in [-0.15, -0.1) is 0 Å². The molecular formula is C7H10OSnTe. The number of rotatable bonds is 1. The van der Waals surface area contributed by atoms with E-state index in [-0.39, 0.29) is 44.8 Å². The molecule has 1 rings (SSSR count). The number of aromatic hydroxyl groups is 1. The Morgan fingerprint density at radius 2 is 1.70 bits per heavy atom. The van der Waals surface area contributed by atoms with Crippen LogP contribution in [0, 0.1) is 0 Å². The molecule has 0 aliphatic carbocycles. The summed E-state index contributed by atoms with van der Waals surface area (Å²) in [6.45, 7) is 0. The van der Waals surface area contributed by atoms with E-state index in [0.29, 0.717) is 5.75 Å². The van der Waals surface area contributed by atoms with Gasteiger partial charge >= 0.3 is 88.5 Å². The first-order chi connectivity index (χ1) is 4.33. The predicted octanol–water partition coefficient (Wildman–Crippen LogP) is -0.146. The van der Waals surface area contributed by atoms with E-state index in [9.17, 15) is 0 Å².